The lowest BCUT2D eigenvalue weighted by Gasteiger charge is -2.42. The second kappa shape index (κ2) is 6.46. The molecule has 1 fully saturated rings. The summed E-state index contributed by atoms with van der Waals surface area (Å²) in [7, 11) is 4.32. The van der Waals surface area contributed by atoms with Crippen LogP contribution in [0.3, 0.4) is 0 Å². The molecule has 1 unspecified atom stereocenters. The SMILES string of the molecule is CCC(C)OCCCN1CC(N(C)C)C1. The van der Waals surface area contributed by atoms with E-state index in [9.17, 15) is 0 Å². The molecule has 1 aliphatic rings. The van der Waals surface area contributed by atoms with Crippen LogP contribution in [0, 0.1) is 0 Å². The van der Waals surface area contributed by atoms with E-state index in [1.54, 1.807) is 0 Å². The summed E-state index contributed by atoms with van der Waals surface area (Å²) in [5, 5.41) is 0. The van der Waals surface area contributed by atoms with Crippen molar-refractivity contribution in [2.75, 3.05) is 40.3 Å². The van der Waals surface area contributed by atoms with Crippen LogP contribution in [0.5, 0.6) is 0 Å². The molecule has 0 bridgehead atoms. The first-order valence-electron chi connectivity index (χ1n) is 6.13. The van der Waals surface area contributed by atoms with Crippen molar-refractivity contribution in [1.82, 2.24) is 9.80 Å². The zero-order chi connectivity index (χ0) is 11.3. The summed E-state index contributed by atoms with van der Waals surface area (Å²) in [6.45, 7) is 8.89. The first kappa shape index (κ1) is 12.9. The van der Waals surface area contributed by atoms with E-state index in [4.69, 9.17) is 4.74 Å². The Kier molecular flexibility index (Phi) is 5.58. The number of likely N-dealkylation sites (tertiary alicyclic amines) is 1. The maximum Gasteiger partial charge on any atom is 0.0544 e. The summed E-state index contributed by atoms with van der Waals surface area (Å²) in [6, 6.07) is 0.778. The zero-order valence-corrected chi connectivity index (χ0v) is 10.7. The van der Waals surface area contributed by atoms with Crippen molar-refractivity contribution < 1.29 is 4.74 Å². The minimum atomic E-state index is 0.427. The summed E-state index contributed by atoms with van der Waals surface area (Å²) in [5.41, 5.74) is 0. The highest BCUT2D eigenvalue weighted by Crippen LogP contribution is 2.12. The molecule has 0 aromatic rings. The Morgan fingerprint density at radius 3 is 2.60 bits per heavy atom. The molecule has 0 N–H and O–H groups in total. The Morgan fingerprint density at radius 1 is 1.40 bits per heavy atom. The van der Waals surface area contributed by atoms with Gasteiger partial charge in [0.25, 0.3) is 0 Å². The molecule has 0 saturated carbocycles. The fourth-order valence-corrected chi connectivity index (χ4v) is 1.74. The molecular formula is C12H26N2O. The molecule has 1 aliphatic heterocycles. The third-order valence-corrected chi connectivity index (χ3v) is 3.26. The molecule has 0 aliphatic carbocycles. The molecule has 1 saturated heterocycles. The van der Waals surface area contributed by atoms with Gasteiger partial charge in [0, 0.05) is 32.3 Å². The van der Waals surface area contributed by atoms with Crippen molar-refractivity contribution in [2.24, 2.45) is 0 Å². The van der Waals surface area contributed by atoms with Gasteiger partial charge in [0.1, 0.15) is 0 Å². The van der Waals surface area contributed by atoms with Crippen molar-refractivity contribution >= 4 is 0 Å². The van der Waals surface area contributed by atoms with E-state index < -0.39 is 0 Å². The van der Waals surface area contributed by atoms with E-state index in [-0.39, 0.29) is 0 Å². The molecule has 90 valence electrons. The van der Waals surface area contributed by atoms with Gasteiger partial charge in [-0.1, -0.05) is 6.92 Å². The van der Waals surface area contributed by atoms with Crippen LogP contribution in [0.15, 0.2) is 0 Å². The topological polar surface area (TPSA) is 15.7 Å². The second-order valence-electron chi connectivity index (χ2n) is 4.82. The molecular weight excluding hydrogens is 188 g/mol. The lowest BCUT2D eigenvalue weighted by Crippen LogP contribution is -2.57. The summed E-state index contributed by atoms with van der Waals surface area (Å²) in [4.78, 5) is 4.82. The van der Waals surface area contributed by atoms with Crippen molar-refractivity contribution in [1.29, 1.82) is 0 Å². The molecule has 0 aromatic heterocycles. The summed E-state index contributed by atoms with van der Waals surface area (Å²) < 4.78 is 5.65. The summed E-state index contributed by atoms with van der Waals surface area (Å²) >= 11 is 0. The molecule has 0 aromatic carbocycles. The smallest absolute Gasteiger partial charge is 0.0544 e. The molecule has 1 atom stereocenters. The number of hydrogen-bond acceptors (Lipinski definition) is 3. The quantitative estimate of drug-likeness (QED) is 0.596. The van der Waals surface area contributed by atoms with Gasteiger partial charge < -0.3 is 14.5 Å². The third kappa shape index (κ3) is 4.49. The molecule has 0 amide bonds. The largest absolute Gasteiger partial charge is 0.378 e. The van der Waals surface area contributed by atoms with Crippen LogP contribution < -0.4 is 0 Å². The zero-order valence-electron chi connectivity index (χ0n) is 10.7. The van der Waals surface area contributed by atoms with E-state index in [0.717, 1.165) is 19.1 Å². The van der Waals surface area contributed by atoms with Gasteiger partial charge in [0.15, 0.2) is 0 Å². The number of hydrogen-bond donors (Lipinski definition) is 0. The highest BCUT2D eigenvalue weighted by molar-refractivity contribution is 4.85. The Balaban J connectivity index is 1.91. The van der Waals surface area contributed by atoms with E-state index >= 15 is 0 Å². The molecule has 15 heavy (non-hydrogen) atoms. The fraction of sp³-hybridized carbons (Fsp3) is 1.00. The van der Waals surface area contributed by atoms with Gasteiger partial charge in [-0.05, 0) is 33.9 Å². The van der Waals surface area contributed by atoms with Crippen molar-refractivity contribution in [2.45, 2.75) is 38.8 Å². The van der Waals surface area contributed by atoms with E-state index in [2.05, 4.69) is 37.7 Å². The summed E-state index contributed by atoms with van der Waals surface area (Å²) in [6.07, 6.45) is 2.72. The molecule has 1 rings (SSSR count). The van der Waals surface area contributed by atoms with Crippen LogP contribution in [-0.4, -0.2) is 62.3 Å². The minimum absolute atomic E-state index is 0.427. The average molecular weight is 214 g/mol. The van der Waals surface area contributed by atoms with Gasteiger partial charge in [-0.25, -0.2) is 0 Å². The van der Waals surface area contributed by atoms with Crippen LogP contribution >= 0.6 is 0 Å². The predicted molar refractivity (Wildman–Crippen MR) is 64.2 cm³/mol. The maximum absolute atomic E-state index is 5.65. The lowest BCUT2D eigenvalue weighted by molar-refractivity contribution is 0.0321. The Labute approximate surface area is 94.4 Å². The van der Waals surface area contributed by atoms with Crippen LogP contribution in [0.4, 0.5) is 0 Å². The van der Waals surface area contributed by atoms with Gasteiger partial charge in [0.2, 0.25) is 0 Å². The van der Waals surface area contributed by atoms with Crippen LogP contribution in [0.25, 0.3) is 0 Å². The monoisotopic (exact) mass is 214 g/mol. The lowest BCUT2D eigenvalue weighted by atomic mass is 10.1. The molecule has 1 heterocycles. The number of nitrogens with zero attached hydrogens (tertiary/aromatic N) is 2. The van der Waals surface area contributed by atoms with Gasteiger partial charge in [-0.2, -0.15) is 0 Å². The Morgan fingerprint density at radius 2 is 2.07 bits per heavy atom. The maximum atomic E-state index is 5.65. The highest BCUT2D eigenvalue weighted by Gasteiger charge is 2.27. The standard InChI is InChI=1S/C12H26N2O/c1-5-11(2)15-8-6-7-14-9-12(10-14)13(3)4/h11-12H,5-10H2,1-4H3. The van der Waals surface area contributed by atoms with Gasteiger partial charge >= 0.3 is 0 Å². The second-order valence-corrected chi connectivity index (χ2v) is 4.82. The molecule has 0 radical (unpaired) electrons. The van der Waals surface area contributed by atoms with Crippen molar-refractivity contribution in [3.05, 3.63) is 0 Å². The third-order valence-electron chi connectivity index (χ3n) is 3.26. The van der Waals surface area contributed by atoms with Crippen molar-refractivity contribution in [3.8, 4) is 0 Å². The number of ether oxygens (including phenoxy) is 1. The first-order valence-corrected chi connectivity index (χ1v) is 6.13. The van der Waals surface area contributed by atoms with Crippen LogP contribution in [0.2, 0.25) is 0 Å². The van der Waals surface area contributed by atoms with Gasteiger partial charge in [-0.15, -0.1) is 0 Å². The van der Waals surface area contributed by atoms with Crippen molar-refractivity contribution in [3.63, 3.8) is 0 Å². The Hall–Kier alpha value is -0.120. The first-order chi connectivity index (χ1) is 7.13. The Bertz CT molecular complexity index is 167. The van der Waals surface area contributed by atoms with Crippen LogP contribution in [-0.2, 0) is 4.74 Å². The van der Waals surface area contributed by atoms with E-state index in [1.165, 1.54) is 26.1 Å². The predicted octanol–water partition coefficient (Wildman–Crippen LogP) is 1.44. The average Bonchev–Trinajstić information content (AvgIpc) is 2.13. The highest BCUT2D eigenvalue weighted by atomic mass is 16.5. The van der Waals surface area contributed by atoms with Gasteiger partial charge in [0.05, 0.1) is 6.10 Å². The molecule has 3 heteroatoms. The van der Waals surface area contributed by atoms with Crippen LogP contribution in [0.1, 0.15) is 26.7 Å². The normalized spacial score (nSPS) is 20.6. The number of likely N-dealkylation sites (N-methyl/N-ethyl adjacent to an activating group) is 1. The number of rotatable bonds is 7. The molecule has 3 nitrogen and oxygen atoms in total. The van der Waals surface area contributed by atoms with E-state index in [0.29, 0.717) is 6.10 Å². The van der Waals surface area contributed by atoms with Gasteiger partial charge in [-0.3, -0.25) is 0 Å². The summed E-state index contributed by atoms with van der Waals surface area (Å²) in [5.74, 6) is 0. The minimum Gasteiger partial charge on any atom is -0.378 e. The molecule has 0 spiro atoms. The fourth-order valence-electron chi connectivity index (χ4n) is 1.74. The van der Waals surface area contributed by atoms with E-state index in [1.807, 2.05) is 0 Å².